The Kier molecular flexibility index (Phi) is 3.20. The molecule has 2 atom stereocenters. The first kappa shape index (κ1) is 13.4. The number of Topliss-reactive ketones (excluding diaryl/α,β-unsaturated/α-hetero) is 2. The number of carbonyl (C=O) groups excluding carboxylic acids is 3. The zero-order valence-corrected chi connectivity index (χ0v) is 10.7. The number of rotatable bonds is 2. The first-order chi connectivity index (χ1) is 8.94. The Balaban J connectivity index is 2.65. The molecule has 0 spiro atoms. The summed E-state index contributed by atoms with van der Waals surface area (Å²) in [6.07, 6.45) is 2.56. The molecule has 0 saturated heterocycles. The lowest BCUT2D eigenvalue weighted by molar-refractivity contribution is -0.130. The second kappa shape index (κ2) is 4.55. The maximum absolute atomic E-state index is 12.4. The van der Waals surface area contributed by atoms with E-state index in [-0.39, 0.29) is 11.1 Å². The van der Waals surface area contributed by atoms with E-state index in [4.69, 9.17) is 0 Å². The zero-order chi connectivity index (χ0) is 14.2. The van der Waals surface area contributed by atoms with Gasteiger partial charge in [-0.2, -0.15) is 0 Å². The number of fused-ring (bicyclic) bond motifs is 1. The summed E-state index contributed by atoms with van der Waals surface area (Å²) in [4.78, 5) is 36.5. The molecule has 2 unspecified atom stereocenters. The minimum atomic E-state index is -2.29. The molecule has 4 nitrogen and oxygen atoms in total. The summed E-state index contributed by atoms with van der Waals surface area (Å²) in [5, 5.41) is 10.5. The van der Waals surface area contributed by atoms with Crippen LogP contribution in [0.3, 0.4) is 0 Å². The van der Waals surface area contributed by atoms with Gasteiger partial charge in [-0.25, -0.2) is 0 Å². The minimum absolute atomic E-state index is 0.103. The van der Waals surface area contributed by atoms with Gasteiger partial charge in [-0.05, 0) is 13.0 Å². The average Bonchev–Trinajstić information content (AvgIpc) is 2.43. The smallest absolute Gasteiger partial charge is 0.203 e. The molecule has 2 rings (SSSR count). The Morgan fingerprint density at radius 3 is 2.42 bits per heavy atom. The third kappa shape index (κ3) is 1.76. The maximum Gasteiger partial charge on any atom is 0.203 e. The van der Waals surface area contributed by atoms with Gasteiger partial charge in [-0.15, -0.1) is 0 Å². The number of ketones is 3. The van der Waals surface area contributed by atoms with E-state index in [1.165, 1.54) is 25.1 Å². The SMILES string of the molecule is CC=CC(=O)C1(O)C(=O)c2ccccc2C(=O)C1C. The van der Waals surface area contributed by atoms with E-state index in [9.17, 15) is 19.5 Å². The van der Waals surface area contributed by atoms with Crippen molar-refractivity contribution in [2.75, 3.05) is 0 Å². The minimum Gasteiger partial charge on any atom is -0.373 e. The van der Waals surface area contributed by atoms with Gasteiger partial charge in [0.15, 0.2) is 17.2 Å². The van der Waals surface area contributed by atoms with Crippen molar-refractivity contribution in [2.45, 2.75) is 19.4 Å². The standard InChI is InChI=1S/C15H14O4/c1-3-6-12(16)15(19)9(2)13(17)10-7-4-5-8-11(10)14(15)18/h3-9,19H,1-2H3. The van der Waals surface area contributed by atoms with Gasteiger partial charge in [0.1, 0.15) is 0 Å². The molecule has 4 heteroatoms. The quantitative estimate of drug-likeness (QED) is 0.645. The van der Waals surface area contributed by atoms with Gasteiger partial charge >= 0.3 is 0 Å². The summed E-state index contributed by atoms with van der Waals surface area (Å²) in [6, 6.07) is 6.23. The first-order valence-electron chi connectivity index (χ1n) is 6.02. The van der Waals surface area contributed by atoms with Gasteiger partial charge < -0.3 is 5.11 Å². The molecule has 0 radical (unpaired) electrons. The molecule has 0 fully saturated rings. The molecule has 0 saturated carbocycles. The van der Waals surface area contributed by atoms with E-state index in [0.29, 0.717) is 0 Å². The van der Waals surface area contributed by atoms with Crippen molar-refractivity contribution in [3.63, 3.8) is 0 Å². The fourth-order valence-electron chi connectivity index (χ4n) is 2.32. The number of allylic oxidation sites excluding steroid dienone is 1. The topological polar surface area (TPSA) is 71.4 Å². The number of aliphatic hydroxyl groups is 1. The van der Waals surface area contributed by atoms with Gasteiger partial charge in [-0.3, -0.25) is 14.4 Å². The number of hydrogen-bond donors (Lipinski definition) is 1. The van der Waals surface area contributed by atoms with Crippen LogP contribution in [0.15, 0.2) is 36.4 Å². The first-order valence-corrected chi connectivity index (χ1v) is 6.02. The van der Waals surface area contributed by atoms with Gasteiger partial charge in [0.25, 0.3) is 0 Å². The van der Waals surface area contributed by atoms with Crippen LogP contribution < -0.4 is 0 Å². The Morgan fingerprint density at radius 1 is 1.26 bits per heavy atom. The molecule has 1 aliphatic carbocycles. The van der Waals surface area contributed by atoms with Crippen LogP contribution >= 0.6 is 0 Å². The molecule has 1 aromatic carbocycles. The number of hydrogen-bond acceptors (Lipinski definition) is 4. The van der Waals surface area contributed by atoms with E-state index >= 15 is 0 Å². The van der Waals surface area contributed by atoms with Gasteiger partial charge in [0, 0.05) is 11.1 Å². The van der Waals surface area contributed by atoms with E-state index in [0.717, 1.165) is 6.08 Å². The molecule has 1 aliphatic rings. The normalized spacial score (nSPS) is 26.6. The summed E-state index contributed by atoms with van der Waals surface area (Å²) >= 11 is 0. The number of carbonyl (C=O) groups is 3. The van der Waals surface area contributed by atoms with Crippen LogP contribution in [0.1, 0.15) is 34.6 Å². The predicted molar refractivity (Wildman–Crippen MR) is 69.0 cm³/mol. The Hall–Kier alpha value is -2.07. The van der Waals surface area contributed by atoms with Gasteiger partial charge in [0.2, 0.25) is 5.78 Å². The highest BCUT2D eigenvalue weighted by Crippen LogP contribution is 2.34. The third-order valence-corrected chi connectivity index (χ3v) is 3.50. The molecule has 0 amide bonds. The van der Waals surface area contributed by atoms with Crippen LogP contribution in [0.4, 0.5) is 0 Å². The van der Waals surface area contributed by atoms with Crippen LogP contribution in [0.25, 0.3) is 0 Å². The lowest BCUT2D eigenvalue weighted by Crippen LogP contribution is -2.56. The summed E-state index contributed by atoms with van der Waals surface area (Å²) in [5.74, 6) is -2.94. The summed E-state index contributed by atoms with van der Waals surface area (Å²) in [7, 11) is 0. The van der Waals surface area contributed by atoms with Crippen LogP contribution in [0.2, 0.25) is 0 Å². The van der Waals surface area contributed by atoms with Crippen molar-refractivity contribution < 1.29 is 19.5 Å². The third-order valence-electron chi connectivity index (χ3n) is 3.50. The van der Waals surface area contributed by atoms with Crippen molar-refractivity contribution in [3.05, 3.63) is 47.5 Å². The highest BCUT2D eigenvalue weighted by atomic mass is 16.3. The van der Waals surface area contributed by atoms with E-state index < -0.39 is 28.9 Å². The molecule has 0 aromatic heterocycles. The summed E-state index contributed by atoms with van der Waals surface area (Å²) in [5.41, 5.74) is -1.93. The Morgan fingerprint density at radius 2 is 1.84 bits per heavy atom. The molecule has 1 N–H and O–H groups in total. The second-order valence-corrected chi connectivity index (χ2v) is 4.59. The lowest BCUT2D eigenvalue weighted by atomic mass is 9.69. The largest absolute Gasteiger partial charge is 0.373 e. The van der Waals surface area contributed by atoms with Crippen LogP contribution in [0, 0.1) is 5.92 Å². The van der Waals surface area contributed by atoms with Crippen LogP contribution in [0.5, 0.6) is 0 Å². The van der Waals surface area contributed by atoms with Crippen molar-refractivity contribution in [2.24, 2.45) is 5.92 Å². The van der Waals surface area contributed by atoms with Gasteiger partial charge in [-0.1, -0.05) is 37.3 Å². The fourth-order valence-corrected chi connectivity index (χ4v) is 2.32. The molecular weight excluding hydrogens is 244 g/mol. The summed E-state index contributed by atoms with van der Waals surface area (Å²) in [6.45, 7) is 3.01. The zero-order valence-electron chi connectivity index (χ0n) is 10.7. The molecule has 0 aliphatic heterocycles. The number of benzene rings is 1. The van der Waals surface area contributed by atoms with Crippen LogP contribution in [-0.2, 0) is 4.79 Å². The highest BCUT2D eigenvalue weighted by Gasteiger charge is 2.54. The maximum atomic E-state index is 12.4. The van der Waals surface area contributed by atoms with Crippen molar-refractivity contribution >= 4 is 17.3 Å². The monoisotopic (exact) mass is 258 g/mol. The molecule has 98 valence electrons. The van der Waals surface area contributed by atoms with Crippen molar-refractivity contribution in [1.29, 1.82) is 0 Å². The molecular formula is C15H14O4. The molecule has 19 heavy (non-hydrogen) atoms. The van der Waals surface area contributed by atoms with E-state index in [1.807, 2.05) is 0 Å². The van der Waals surface area contributed by atoms with Gasteiger partial charge in [0.05, 0.1) is 5.92 Å². The second-order valence-electron chi connectivity index (χ2n) is 4.59. The Bertz CT molecular complexity index is 600. The lowest BCUT2D eigenvalue weighted by Gasteiger charge is -2.34. The molecule has 0 heterocycles. The highest BCUT2D eigenvalue weighted by molar-refractivity contribution is 6.29. The van der Waals surface area contributed by atoms with E-state index in [1.54, 1.807) is 19.1 Å². The Labute approximate surface area is 110 Å². The predicted octanol–water partition coefficient (Wildman–Crippen LogP) is 1.58. The van der Waals surface area contributed by atoms with E-state index in [2.05, 4.69) is 0 Å². The average molecular weight is 258 g/mol. The summed E-state index contributed by atoms with van der Waals surface area (Å²) < 4.78 is 0. The van der Waals surface area contributed by atoms with Crippen molar-refractivity contribution in [3.8, 4) is 0 Å². The molecule has 0 bridgehead atoms. The van der Waals surface area contributed by atoms with Crippen LogP contribution in [-0.4, -0.2) is 28.1 Å². The molecule has 1 aromatic rings. The van der Waals surface area contributed by atoms with Crippen molar-refractivity contribution in [1.82, 2.24) is 0 Å². The fraction of sp³-hybridized carbons (Fsp3) is 0.267.